The lowest BCUT2D eigenvalue weighted by Crippen LogP contribution is -2.13. The van der Waals surface area contributed by atoms with Crippen LogP contribution >= 0.6 is 0 Å². The van der Waals surface area contributed by atoms with Crippen molar-refractivity contribution >= 4 is 0 Å². The standard InChI is InChI=1S/C12H21N/c1-5-7-8-9-12(6-2)10-11-13(3)4/h5-6,9H,1-2,7-8,10-11H2,3-4H3/b12-9+. The van der Waals surface area contributed by atoms with Crippen molar-refractivity contribution in [1.82, 2.24) is 4.90 Å². The molecule has 0 amide bonds. The monoisotopic (exact) mass is 179 g/mol. The summed E-state index contributed by atoms with van der Waals surface area (Å²) in [5.41, 5.74) is 1.34. The molecule has 0 aliphatic rings. The van der Waals surface area contributed by atoms with Gasteiger partial charge in [0.05, 0.1) is 0 Å². The summed E-state index contributed by atoms with van der Waals surface area (Å²) in [5.74, 6) is 0. The average Bonchev–Trinajstić information content (AvgIpc) is 2.10. The highest BCUT2D eigenvalue weighted by atomic mass is 15.0. The van der Waals surface area contributed by atoms with Crippen LogP contribution in [-0.4, -0.2) is 25.5 Å². The van der Waals surface area contributed by atoms with E-state index in [0.717, 1.165) is 25.8 Å². The minimum absolute atomic E-state index is 1.05. The van der Waals surface area contributed by atoms with Crippen LogP contribution in [0, 0.1) is 0 Å². The molecule has 0 spiro atoms. The summed E-state index contributed by atoms with van der Waals surface area (Å²) in [6.45, 7) is 8.59. The van der Waals surface area contributed by atoms with E-state index >= 15 is 0 Å². The van der Waals surface area contributed by atoms with Gasteiger partial charge in [0.15, 0.2) is 0 Å². The van der Waals surface area contributed by atoms with E-state index < -0.39 is 0 Å². The normalized spacial score (nSPS) is 11.8. The molecule has 0 fully saturated rings. The molecule has 0 aliphatic carbocycles. The van der Waals surface area contributed by atoms with Gasteiger partial charge in [-0.3, -0.25) is 0 Å². The topological polar surface area (TPSA) is 3.24 Å². The van der Waals surface area contributed by atoms with E-state index in [4.69, 9.17) is 0 Å². The summed E-state index contributed by atoms with van der Waals surface area (Å²) < 4.78 is 0. The van der Waals surface area contributed by atoms with Crippen molar-refractivity contribution in [3.8, 4) is 0 Å². The van der Waals surface area contributed by atoms with E-state index in [1.54, 1.807) is 0 Å². The zero-order valence-electron chi connectivity index (χ0n) is 8.92. The second-order valence-electron chi connectivity index (χ2n) is 3.40. The zero-order chi connectivity index (χ0) is 10.1. The minimum atomic E-state index is 1.05. The van der Waals surface area contributed by atoms with Crippen molar-refractivity contribution in [3.63, 3.8) is 0 Å². The fourth-order valence-corrected chi connectivity index (χ4v) is 1.03. The Hall–Kier alpha value is -0.820. The molecule has 1 heteroatoms. The van der Waals surface area contributed by atoms with Crippen molar-refractivity contribution in [3.05, 3.63) is 37.0 Å². The van der Waals surface area contributed by atoms with Gasteiger partial charge in [0, 0.05) is 6.54 Å². The molecule has 0 saturated heterocycles. The van der Waals surface area contributed by atoms with Crippen molar-refractivity contribution in [1.29, 1.82) is 0 Å². The molecule has 0 aromatic carbocycles. The molecular weight excluding hydrogens is 158 g/mol. The highest BCUT2D eigenvalue weighted by Gasteiger charge is 1.93. The lowest BCUT2D eigenvalue weighted by molar-refractivity contribution is 0.414. The maximum Gasteiger partial charge on any atom is 0.00156 e. The Bertz CT molecular complexity index is 178. The van der Waals surface area contributed by atoms with Crippen molar-refractivity contribution < 1.29 is 0 Å². The van der Waals surface area contributed by atoms with E-state index in [2.05, 4.69) is 38.2 Å². The zero-order valence-corrected chi connectivity index (χ0v) is 8.92. The summed E-state index contributed by atoms with van der Waals surface area (Å²) >= 11 is 0. The van der Waals surface area contributed by atoms with Crippen LogP contribution in [0.4, 0.5) is 0 Å². The number of unbranched alkanes of at least 4 members (excludes halogenated alkanes) is 1. The Balaban J connectivity index is 3.79. The summed E-state index contributed by atoms with van der Waals surface area (Å²) in [6, 6.07) is 0. The molecule has 0 atom stereocenters. The molecule has 1 nitrogen and oxygen atoms in total. The number of nitrogens with zero attached hydrogens (tertiary/aromatic N) is 1. The van der Waals surface area contributed by atoms with Gasteiger partial charge in [0.2, 0.25) is 0 Å². The highest BCUT2D eigenvalue weighted by molar-refractivity contribution is 5.16. The van der Waals surface area contributed by atoms with Crippen molar-refractivity contribution in [2.75, 3.05) is 20.6 Å². The quantitative estimate of drug-likeness (QED) is 0.330. The molecule has 0 N–H and O–H groups in total. The first-order valence-corrected chi connectivity index (χ1v) is 4.77. The highest BCUT2D eigenvalue weighted by Crippen LogP contribution is 2.06. The Morgan fingerprint density at radius 1 is 1.23 bits per heavy atom. The molecule has 13 heavy (non-hydrogen) atoms. The van der Waals surface area contributed by atoms with Gasteiger partial charge in [-0.2, -0.15) is 0 Å². The first-order valence-electron chi connectivity index (χ1n) is 4.77. The predicted molar refractivity (Wildman–Crippen MR) is 60.9 cm³/mol. The molecule has 0 aliphatic heterocycles. The van der Waals surface area contributed by atoms with Crippen LogP contribution < -0.4 is 0 Å². The molecule has 74 valence electrons. The maximum absolute atomic E-state index is 3.81. The summed E-state index contributed by atoms with van der Waals surface area (Å²) in [7, 11) is 4.18. The number of allylic oxidation sites excluding steroid dienone is 3. The van der Waals surface area contributed by atoms with Gasteiger partial charge in [0.25, 0.3) is 0 Å². The first kappa shape index (κ1) is 12.2. The molecule has 0 aromatic heterocycles. The third kappa shape index (κ3) is 7.54. The smallest absolute Gasteiger partial charge is 0.00156 e. The Morgan fingerprint density at radius 3 is 2.38 bits per heavy atom. The first-order chi connectivity index (χ1) is 6.20. The minimum Gasteiger partial charge on any atom is -0.309 e. The van der Waals surface area contributed by atoms with Gasteiger partial charge in [-0.05, 0) is 33.4 Å². The van der Waals surface area contributed by atoms with Crippen LogP contribution in [0.2, 0.25) is 0 Å². The van der Waals surface area contributed by atoms with Gasteiger partial charge >= 0.3 is 0 Å². The van der Waals surface area contributed by atoms with Gasteiger partial charge in [0.1, 0.15) is 0 Å². The van der Waals surface area contributed by atoms with E-state index in [-0.39, 0.29) is 0 Å². The summed E-state index contributed by atoms with van der Waals surface area (Å²) in [5, 5.41) is 0. The van der Waals surface area contributed by atoms with E-state index in [1.807, 2.05) is 12.2 Å². The van der Waals surface area contributed by atoms with Gasteiger partial charge in [-0.15, -0.1) is 6.58 Å². The lowest BCUT2D eigenvalue weighted by atomic mass is 10.1. The van der Waals surface area contributed by atoms with Gasteiger partial charge < -0.3 is 4.90 Å². The number of rotatable bonds is 7. The average molecular weight is 179 g/mol. The second kappa shape index (κ2) is 7.81. The number of hydrogen-bond donors (Lipinski definition) is 0. The Labute approximate surface area is 82.4 Å². The lowest BCUT2D eigenvalue weighted by Gasteiger charge is -2.09. The molecule has 0 radical (unpaired) electrons. The molecule has 0 rings (SSSR count). The largest absolute Gasteiger partial charge is 0.309 e. The molecular formula is C12H21N. The van der Waals surface area contributed by atoms with Crippen molar-refractivity contribution in [2.24, 2.45) is 0 Å². The van der Waals surface area contributed by atoms with Crippen LogP contribution in [-0.2, 0) is 0 Å². The van der Waals surface area contributed by atoms with Crippen LogP contribution in [0.1, 0.15) is 19.3 Å². The SMILES string of the molecule is C=CCC/C=C(\C=C)CCN(C)C. The number of hydrogen-bond acceptors (Lipinski definition) is 1. The molecule has 0 saturated carbocycles. The van der Waals surface area contributed by atoms with Crippen LogP contribution in [0.25, 0.3) is 0 Å². The van der Waals surface area contributed by atoms with Crippen LogP contribution in [0.3, 0.4) is 0 Å². The molecule has 0 aromatic rings. The van der Waals surface area contributed by atoms with E-state index in [1.165, 1.54) is 5.57 Å². The molecule has 0 unspecified atom stereocenters. The predicted octanol–water partition coefficient (Wildman–Crippen LogP) is 3.02. The fraction of sp³-hybridized carbons (Fsp3) is 0.500. The Kier molecular flexibility index (Phi) is 7.32. The van der Waals surface area contributed by atoms with Crippen LogP contribution in [0.15, 0.2) is 37.0 Å². The fourth-order valence-electron chi connectivity index (χ4n) is 1.03. The van der Waals surface area contributed by atoms with E-state index in [0.29, 0.717) is 0 Å². The third-order valence-corrected chi connectivity index (χ3v) is 1.89. The maximum atomic E-state index is 3.81. The van der Waals surface area contributed by atoms with Crippen molar-refractivity contribution in [2.45, 2.75) is 19.3 Å². The molecule has 0 heterocycles. The second-order valence-corrected chi connectivity index (χ2v) is 3.40. The summed E-state index contributed by atoms with van der Waals surface area (Å²) in [6.07, 6.45) is 9.37. The van der Waals surface area contributed by atoms with Gasteiger partial charge in [-0.1, -0.05) is 30.4 Å². The third-order valence-electron chi connectivity index (χ3n) is 1.89. The van der Waals surface area contributed by atoms with Crippen LogP contribution in [0.5, 0.6) is 0 Å². The Morgan fingerprint density at radius 2 is 1.92 bits per heavy atom. The molecule has 0 bridgehead atoms. The van der Waals surface area contributed by atoms with E-state index in [9.17, 15) is 0 Å². The summed E-state index contributed by atoms with van der Waals surface area (Å²) in [4.78, 5) is 2.19. The van der Waals surface area contributed by atoms with Gasteiger partial charge in [-0.25, -0.2) is 0 Å².